The number of carbonyl (C=O) groups is 1. The molecule has 1 rings (SSSR count). The van der Waals surface area contributed by atoms with Gasteiger partial charge in [0.25, 0.3) is 0 Å². The summed E-state index contributed by atoms with van der Waals surface area (Å²) in [4.78, 5) is 10.2. The van der Waals surface area contributed by atoms with Gasteiger partial charge in [0.2, 0.25) is 0 Å². The first-order chi connectivity index (χ1) is 7.29. The molecule has 0 aliphatic rings. The molecule has 15 heavy (non-hydrogen) atoms. The third-order valence-corrected chi connectivity index (χ3v) is 3.88. The molecule has 0 bridgehead atoms. The first-order valence-corrected chi connectivity index (χ1v) is 6.84. The normalized spacial score (nSPS) is 11.2. The smallest absolute Gasteiger partial charge is 0.304 e. The van der Waals surface area contributed by atoms with Crippen LogP contribution in [0.3, 0.4) is 0 Å². The molecule has 2 nitrogen and oxygen atoms in total. The topological polar surface area (TPSA) is 37.3 Å². The highest BCUT2D eigenvalue weighted by Crippen LogP contribution is 2.08. The molecule has 0 fully saturated rings. The lowest BCUT2D eigenvalue weighted by Gasteiger charge is -1.95. The number of thioether (sulfide) groups is 1. The van der Waals surface area contributed by atoms with Crippen LogP contribution in [-0.4, -0.2) is 21.5 Å². The molecule has 82 valence electrons. The van der Waals surface area contributed by atoms with Crippen LogP contribution < -0.4 is 0 Å². The Morgan fingerprint density at radius 2 is 2.13 bits per heavy atom. The van der Waals surface area contributed by atoms with Crippen LogP contribution in [0.5, 0.6) is 0 Å². The number of aliphatic carboxylic acids is 1. The molecule has 0 saturated heterocycles. The number of rotatable bonds is 6. The fourth-order valence-corrected chi connectivity index (χ4v) is 2.83. The first kappa shape index (κ1) is 12.3. The maximum atomic E-state index is 10.2. The van der Waals surface area contributed by atoms with Crippen LogP contribution in [0.2, 0.25) is 0 Å². The Bertz CT molecular complexity index is 323. The minimum Gasteiger partial charge on any atom is -0.481 e. The molecule has 4 heteroatoms. The van der Waals surface area contributed by atoms with Crippen molar-refractivity contribution in [1.82, 2.24) is 0 Å². The highest BCUT2D eigenvalue weighted by Gasteiger charge is 1.93. The fourth-order valence-electron chi connectivity index (χ4n) is 0.978. The van der Waals surface area contributed by atoms with Crippen LogP contribution in [0.4, 0.5) is 0 Å². The zero-order valence-electron chi connectivity index (χ0n) is 8.30. The van der Waals surface area contributed by atoms with Crippen LogP contribution in [0.15, 0.2) is 30.3 Å². The summed E-state index contributed by atoms with van der Waals surface area (Å²) < 4.78 is 2.07. The average Bonchev–Trinajstić information content (AvgIpc) is 2.24. The van der Waals surface area contributed by atoms with Crippen molar-refractivity contribution in [2.45, 2.75) is 12.2 Å². The number of hydrogen-bond acceptors (Lipinski definition) is 2. The number of hydrogen-bond donors (Lipinski definition) is 2. The Kier molecular flexibility index (Phi) is 6.20. The molecule has 1 aromatic rings. The molecule has 0 atom stereocenters. The third-order valence-electron chi connectivity index (χ3n) is 1.70. The van der Waals surface area contributed by atoms with Gasteiger partial charge in [-0.05, 0) is 10.3 Å². The Balaban J connectivity index is 2.15. The van der Waals surface area contributed by atoms with Gasteiger partial charge in [-0.25, -0.2) is 0 Å². The lowest BCUT2D eigenvalue weighted by Crippen LogP contribution is -1.95. The number of benzene rings is 1. The standard InChI is InChI=1S/C11H14O2S2/c12-11(13)6-7-14-9-15-8-10-4-2-1-3-5-10/h1-5,9,15H,6-8H2,(H,12,13). The van der Waals surface area contributed by atoms with Crippen LogP contribution in [-0.2, 0) is 10.5 Å². The molecule has 0 saturated carbocycles. The van der Waals surface area contributed by atoms with Crippen molar-refractivity contribution < 1.29 is 9.90 Å². The van der Waals surface area contributed by atoms with Crippen molar-refractivity contribution >= 4 is 33.8 Å². The van der Waals surface area contributed by atoms with Crippen molar-refractivity contribution in [2.75, 3.05) is 5.75 Å². The fraction of sp³-hybridized carbons (Fsp3) is 0.273. The maximum absolute atomic E-state index is 10.2. The minimum atomic E-state index is -0.726. The van der Waals surface area contributed by atoms with Gasteiger partial charge >= 0.3 is 5.97 Å². The predicted molar refractivity (Wildman–Crippen MR) is 69.9 cm³/mol. The van der Waals surface area contributed by atoms with E-state index in [0.29, 0.717) is 5.75 Å². The van der Waals surface area contributed by atoms with E-state index >= 15 is 0 Å². The van der Waals surface area contributed by atoms with E-state index in [4.69, 9.17) is 5.11 Å². The molecule has 1 N–H and O–H groups in total. The summed E-state index contributed by atoms with van der Waals surface area (Å²) in [7, 11) is 0. The molecule has 0 aromatic heterocycles. The van der Waals surface area contributed by atoms with E-state index < -0.39 is 5.97 Å². The molecule has 0 amide bonds. The minimum absolute atomic E-state index is 0.238. The van der Waals surface area contributed by atoms with E-state index in [9.17, 15) is 4.79 Å². The molecule has 0 heterocycles. The lowest BCUT2D eigenvalue weighted by molar-refractivity contribution is -0.136. The highest BCUT2D eigenvalue weighted by molar-refractivity contribution is 8.24. The summed E-state index contributed by atoms with van der Waals surface area (Å²) >= 11 is 2.81. The first-order valence-electron chi connectivity index (χ1n) is 4.64. The van der Waals surface area contributed by atoms with Gasteiger partial charge in [0.05, 0.1) is 6.42 Å². The van der Waals surface area contributed by atoms with Gasteiger partial charge in [-0.15, -0.1) is 11.8 Å². The summed E-state index contributed by atoms with van der Waals surface area (Å²) in [5.74, 6) is 0.938. The Morgan fingerprint density at radius 1 is 1.40 bits per heavy atom. The van der Waals surface area contributed by atoms with E-state index in [2.05, 4.69) is 16.8 Å². The molecular formula is C11H14O2S2. The van der Waals surface area contributed by atoms with Gasteiger partial charge in [-0.3, -0.25) is 4.79 Å². The summed E-state index contributed by atoms with van der Waals surface area (Å²) in [5, 5.41) is 8.42. The number of thiol groups is 1. The average molecular weight is 242 g/mol. The summed E-state index contributed by atoms with van der Waals surface area (Å²) in [6.45, 7) is 0. The molecule has 0 spiro atoms. The number of carboxylic acids is 1. The van der Waals surface area contributed by atoms with E-state index in [1.807, 2.05) is 18.2 Å². The van der Waals surface area contributed by atoms with Crippen LogP contribution in [0.1, 0.15) is 12.0 Å². The monoisotopic (exact) mass is 242 g/mol. The zero-order valence-corrected chi connectivity index (χ0v) is 10.0. The lowest BCUT2D eigenvalue weighted by atomic mass is 10.2. The van der Waals surface area contributed by atoms with Crippen LogP contribution >= 0.6 is 23.1 Å². The highest BCUT2D eigenvalue weighted by atomic mass is 32.2. The SMILES string of the molecule is O=C(O)CCSC=[SH]Cc1ccccc1. The Hall–Kier alpha value is -0.740. The van der Waals surface area contributed by atoms with Crippen molar-refractivity contribution in [1.29, 1.82) is 0 Å². The van der Waals surface area contributed by atoms with Crippen molar-refractivity contribution in [3.05, 3.63) is 35.9 Å². The third kappa shape index (κ3) is 6.36. The second-order valence-electron chi connectivity index (χ2n) is 2.95. The summed E-state index contributed by atoms with van der Waals surface area (Å²) in [6.07, 6.45) is 0.238. The zero-order chi connectivity index (χ0) is 10.9. The van der Waals surface area contributed by atoms with Gasteiger partial charge < -0.3 is 5.11 Å². The predicted octanol–water partition coefficient (Wildman–Crippen LogP) is 2.62. The largest absolute Gasteiger partial charge is 0.481 e. The van der Waals surface area contributed by atoms with Crippen molar-refractivity contribution in [3.63, 3.8) is 0 Å². The van der Waals surface area contributed by atoms with Crippen LogP contribution in [0, 0.1) is 0 Å². The van der Waals surface area contributed by atoms with Crippen molar-refractivity contribution in [3.8, 4) is 0 Å². The molecule has 0 radical (unpaired) electrons. The second kappa shape index (κ2) is 7.54. The summed E-state index contributed by atoms with van der Waals surface area (Å²) in [6, 6.07) is 10.3. The summed E-state index contributed by atoms with van der Waals surface area (Å²) in [5.41, 5.74) is 1.31. The van der Waals surface area contributed by atoms with E-state index in [1.54, 1.807) is 11.8 Å². The van der Waals surface area contributed by atoms with Crippen LogP contribution in [0.25, 0.3) is 0 Å². The molecule has 1 aromatic carbocycles. The van der Waals surface area contributed by atoms with Gasteiger partial charge in [0, 0.05) is 11.5 Å². The maximum Gasteiger partial charge on any atom is 0.304 e. The van der Waals surface area contributed by atoms with E-state index in [-0.39, 0.29) is 6.42 Å². The van der Waals surface area contributed by atoms with Gasteiger partial charge in [0.15, 0.2) is 0 Å². The van der Waals surface area contributed by atoms with Gasteiger partial charge in [0.1, 0.15) is 0 Å². The second-order valence-corrected chi connectivity index (χ2v) is 5.21. The van der Waals surface area contributed by atoms with Gasteiger partial charge in [-0.1, -0.05) is 30.3 Å². The van der Waals surface area contributed by atoms with Gasteiger partial charge in [-0.2, -0.15) is 11.4 Å². The quantitative estimate of drug-likeness (QED) is 0.457. The van der Waals surface area contributed by atoms with E-state index in [1.165, 1.54) is 16.9 Å². The van der Waals surface area contributed by atoms with E-state index in [0.717, 1.165) is 5.75 Å². The molecule has 0 aliphatic heterocycles. The van der Waals surface area contributed by atoms with Crippen molar-refractivity contribution in [2.24, 2.45) is 0 Å². The number of carboxylic acid groups (broad SMARTS) is 1. The Labute approximate surface area is 97.7 Å². The molecule has 0 unspecified atom stereocenters. The molecule has 0 aliphatic carbocycles. The molecular weight excluding hydrogens is 228 g/mol. The Morgan fingerprint density at radius 3 is 2.80 bits per heavy atom.